The Morgan fingerprint density at radius 2 is 2.31 bits per heavy atom. The largest absolute Gasteiger partial charge is 0.381 e. The summed E-state index contributed by atoms with van der Waals surface area (Å²) in [6.07, 6.45) is 2.64. The van der Waals surface area contributed by atoms with Gasteiger partial charge in [-0.1, -0.05) is 5.16 Å². The minimum Gasteiger partial charge on any atom is -0.381 e. The van der Waals surface area contributed by atoms with Crippen molar-refractivity contribution < 1.29 is 14.1 Å². The van der Waals surface area contributed by atoms with Crippen LogP contribution in [0, 0.1) is 0 Å². The smallest absolute Gasteiger partial charge is 0.240 e. The van der Waals surface area contributed by atoms with Gasteiger partial charge in [0.15, 0.2) is 5.76 Å². The van der Waals surface area contributed by atoms with Gasteiger partial charge < -0.3 is 20.3 Å². The minimum atomic E-state index is -0.807. The molecule has 0 aromatic carbocycles. The maximum absolute atomic E-state index is 11.9. The Kier molecular flexibility index (Phi) is 3.21. The third kappa shape index (κ3) is 2.40. The van der Waals surface area contributed by atoms with Crippen molar-refractivity contribution in [1.29, 1.82) is 0 Å². The molecule has 0 bridgehead atoms. The fourth-order valence-electron chi connectivity index (χ4n) is 1.64. The average molecular weight is 225 g/mol. The normalized spacial score (nSPS) is 19.3. The van der Waals surface area contributed by atoms with Gasteiger partial charge in [-0.3, -0.25) is 4.79 Å². The van der Waals surface area contributed by atoms with E-state index >= 15 is 0 Å². The lowest BCUT2D eigenvalue weighted by Gasteiger charge is -2.31. The molecular formula is C10H15N3O3. The summed E-state index contributed by atoms with van der Waals surface area (Å²) in [6, 6.07) is 1.70. The van der Waals surface area contributed by atoms with Gasteiger partial charge in [0.25, 0.3) is 0 Å². The summed E-state index contributed by atoms with van der Waals surface area (Å²) in [4.78, 5) is 11.9. The van der Waals surface area contributed by atoms with Crippen molar-refractivity contribution in [1.82, 2.24) is 10.5 Å². The number of nitrogens with one attached hydrogen (secondary N) is 1. The van der Waals surface area contributed by atoms with Gasteiger partial charge in [-0.25, -0.2) is 0 Å². The third-order valence-corrected chi connectivity index (χ3v) is 2.75. The van der Waals surface area contributed by atoms with Crippen LogP contribution in [-0.4, -0.2) is 29.8 Å². The Labute approximate surface area is 93.1 Å². The number of ether oxygens (including phenoxy) is 1. The van der Waals surface area contributed by atoms with Crippen LogP contribution in [0.4, 0.5) is 0 Å². The quantitative estimate of drug-likeness (QED) is 0.743. The van der Waals surface area contributed by atoms with Gasteiger partial charge >= 0.3 is 0 Å². The number of carbonyl (C=O) groups is 1. The molecule has 0 radical (unpaired) electrons. The van der Waals surface area contributed by atoms with Crippen LogP contribution in [0.1, 0.15) is 18.6 Å². The molecule has 6 nitrogen and oxygen atoms in total. The zero-order valence-corrected chi connectivity index (χ0v) is 8.94. The highest BCUT2D eigenvalue weighted by Gasteiger charge is 2.35. The van der Waals surface area contributed by atoms with Crippen LogP contribution in [-0.2, 0) is 16.1 Å². The van der Waals surface area contributed by atoms with Crippen molar-refractivity contribution in [3.8, 4) is 0 Å². The molecule has 1 aliphatic rings. The van der Waals surface area contributed by atoms with E-state index in [1.54, 1.807) is 6.07 Å². The number of carbonyl (C=O) groups excluding carboxylic acids is 1. The number of aromatic nitrogens is 1. The van der Waals surface area contributed by atoms with Gasteiger partial charge in [-0.15, -0.1) is 0 Å². The molecule has 0 unspecified atom stereocenters. The molecule has 0 spiro atoms. The van der Waals surface area contributed by atoms with Crippen LogP contribution in [0.3, 0.4) is 0 Å². The molecule has 0 atom stereocenters. The summed E-state index contributed by atoms with van der Waals surface area (Å²) in [7, 11) is 0. The van der Waals surface area contributed by atoms with E-state index in [0.29, 0.717) is 38.4 Å². The lowest BCUT2D eigenvalue weighted by molar-refractivity contribution is -0.130. The Bertz CT molecular complexity index is 344. The molecule has 2 heterocycles. The zero-order valence-electron chi connectivity index (χ0n) is 8.94. The molecule has 1 fully saturated rings. The first-order chi connectivity index (χ1) is 7.71. The molecule has 1 aromatic rings. The summed E-state index contributed by atoms with van der Waals surface area (Å²) in [5, 5.41) is 6.29. The van der Waals surface area contributed by atoms with Crippen molar-refractivity contribution in [2.24, 2.45) is 5.73 Å². The number of rotatable bonds is 3. The number of hydrogen-bond donors (Lipinski definition) is 2. The first-order valence-corrected chi connectivity index (χ1v) is 5.25. The van der Waals surface area contributed by atoms with E-state index in [2.05, 4.69) is 10.5 Å². The van der Waals surface area contributed by atoms with Crippen LogP contribution in [0.5, 0.6) is 0 Å². The van der Waals surface area contributed by atoms with E-state index < -0.39 is 5.54 Å². The summed E-state index contributed by atoms with van der Waals surface area (Å²) < 4.78 is 10.1. The molecule has 1 saturated heterocycles. The monoisotopic (exact) mass is 225 g/mol. The molecule has 1 aliphatic heterocycles. The van der Waals surface area contributed by atoms with Crippen molar-refractivity contribution in [3.63, 3.8) is 0 Å². The van der Waals surface area contributed by atoms with Gasteiger partial charge in [-0.05, 0) is 12.8 Å². The van der Waals surface area contributed by atoms with E-state index in [1.807, 2.05) is 0 Å². The predicted molar refractivity (Wildman–Crippen MR) is 55.3 cm³/mol. The molecule has 88 valence electrons. The molecule has 2 rings (SSSR count). The third-order valence-electron chi connectivity index (χ3n) is 2.75. The zero-order chi connectivity index (χ0) is 11.4. The molecular weight excluding hydrogens is 210 g/mol. The average Bonchev–Trinajstić information content (AvgIpc) is 2.79. The van der Waals surface area contributed by atoms with Crippen molar-refractivity contribution in [2.45, 2.75) is 24.9 Å². The van der Waals surface area contributed by atoms with E-state index in [4.69, 9.17) is 15.0 Å². The summed E-state index contributed by atoms with van der Waals surface area (Å²) >= 11 is 0. The second-order valence-electron chi connectivity index (χ2n) is 3.93. The summed E-state index contributed by atoms with van der Waals surface area (Å²) in [5.74, 6) is 0.455. The van der Waals surface area contributed by atoms with Gasteiger partial charge in [0.1, 0.15) is 0 Å². The fraction of sp³-hybridized carbons (Fsp3) is 0.600. The van der Waals surface area contributed by atoms with Crippen molar-refractivity contribution >= 4 is 5.91 Å². The highest BCUT2D eigenvalue weighted by molar-refractivity contribution is 5.86. The van der Waals surface area contributed by atoms with E-state index in [0.717, 1.165) is 0 Å². The first-order valence-electron chi connectivity index (χ1n) is 5.25. The topological polar surface area (TPSA) is 90.4 Å². The summed E-state index contributed by atoms with van der Waals surface area (Å²) in [6.45, 7) is 1.39. The lowest BCUT2D eigenvalue weighted by Crippen LogP contribution is -2.56. The van der Waals surface area contributed by atoms with Crippen LogP contribution >= 0.6 is 0 Å². The van der Waals surface area contributed by atoms with Crippen LogP contribution in [0.25, 0.3) is 0 Å². The second kappa shape index (κ2) is 4.63. The molecule has 6 heteroatoms. The SMILES string of the molecule is NC1(C(=O)NCc2ccno2)CCOCC1. The highest BCUT2D eigenvalue weighted by atomic mass is 16.5. The van der Waals surface area contributed by atoms with Gasteiger partial charge in [0.05, 0.1) is 18.3 Å². The lowest BCUT2D eigenvalue weighted by atomic mass is 9.90. The Hall–Kier alpha value is -1.40. The first kappa shape index (κ1) is 11.1. The van der Waals surface area contributed by atoms with Crippen molar-refractivity contribution in [2.75, 3.05) is 13.2 Å². The molecule has 1 amide bonds. The predicted octanol–water partition coefficient (Wildman–Crippen LogP) is -0.201. The fourth-order valence-corrected chi connectivity index (χ4v) is 1.64. The standard InChI is InChI=1S/C10H15N3O3/c11-10(2-5-15-6-3-10)9(14)12-7-8-1-4-13-16-8/h1,4H,2-3,5-7,11H2,(H,12,14). The summed E-state index contributed by atoms with van der Waals surface area (Å²) in [5.41, 5.74) is 5.20. The Balaban J connectivity index is 1.87. The molecule has 16 heavy (non-hydrogen) atoms. The van der Waals surface area contributed by atoms with Crippen LogP contribution < -0.4 is 11.1 Å². The Morgan fingerprint density at radius 3 is 2.94 bits per heavy atom. The van der Waals surface area contributed by atoms with E-state index in [9.17, 15) is 4.79 Å². The number of hydrogen-bond acceptors (Lipinski definition) is 5. The Morgan fingerprint density at radius 1 is 1.56 bits per heavy atom. The molecule has 0 saturated carbocycles. The maximum Gasteiger partial charge on any atom is 0.240 e. The van der Waals surface area contributed by atoms with Crippen molar-refractivity contribution in [3.05, 3.63) is 18.0 Å². The molecule has 0 aliphatic carbocycles. The van der Waals surface area contributed by atoms with Crippen LogP contribution in [0.2, 0.25) is 0 Å². The van der Waals surface area contributed by atoms with Gasteiger partial charge in [-0.2, -0.15) is 0 Å². The number of nitrogens with zero attached hydrogens (tertiary/aromatic N) is 1. The molecule has 3 N–H and O–H groups in total. The molecule has 1 aromatic heterocycles. The highest BCUT2D eigenvalue weighted by Crippen LogP contribution is 2.17. The van der Waals surface area contributed by atoms with E-state index in [-0.39, 0.29) is 5.91 Å². The van der Waals surface area contributed by atoms with Crippen LogP contribution in [0.15, 0.2) is 16.8 Å². The van der Waals surface area contributed by atoms with Gasteiger partial charge in [0, 0.05) is 19.3 Å². The second-order valence-corrected chi connectivity index (χ2v) is 3.93. The number of nitrogens with two attached hydrogens (primary N) is 1. The van der Waals surface area contributed by atoms with Gasteiger partial charge in [0.2, 0.25) is 5.91 Å². The number of amides is 1. The maximum atomic E-state index is 11.9. The minimum absolute atomic E-state index is 0.160. The van der Waals surface area contributed by atoms with E-state index in [1.165, 1.54) is 6.20 Å².